The molecule has 0 radical (unpaired) electrons. The van der Waals surface area contributed by atoms with E-state index in [9.17, 15) is 4.79 Å². The van der Waals surface area contributed by atoms with Gasteiger partial charge in [0.25, 0.3) is 5.91 Å². The molecule has 1 unspecified atom stereocenters. The van der Waals surface area contributed by atoms with E-state index < -0.39 is 0 Å². The SMILES string of the molecule is Cc1cc2ncc(C(=O)NCC(c3cccc(Cl)c3)N(C)C)c(N)n2n1. The third-order valence-corrected chi connectivity index (χ3v) is 4.44. The van der Waals surface area contributed by atoms with Gasteiger partial charge in [0.2, 0.25) is 0 Å². The summed E-state index contributed by atoms with van der Waals surface area (Å²) in [5, 5.41) is 7.85. The fraction of sp³-hybridized carbons (Fsp3) is 0.278. The molecule has 0 aliphatic carbocycles. The Labute approximate surface area is 156 Å². The molecule has 7 nitrogen and oxygen atoms in total. The van der Waals surface area contributed by atoms with E-state index in [1.807, 2.05) is 50.2 Å². The summed E-state index contributed by atoms with van der Waals surface area (Å²) in [6.07, 6.45) is 1.48. The fourth-order valence-corrected chi connectivity index (χ4v) is 3.04. The average molecular weight is 373 g/mol. The van der Waals surface area contributed by atoms with Gasteiger partial charge in [-0.1, -0.05) is 23.7 Å². The van der Waals surface area contributed by atoms with E-state index in [1.165, 1.54) is 10.7 Å². The maximum Gasteiger partial charge on any atom is 0.256 e. The van der Waals surface area contributed by atoms with Crippen LogP contribution in [0.25, 0.3) is 5.65 Å². The Kier molecular flexibility index (Phi) is 5.11. The van der Waals surface area contributed by atoms with E-state index in [1.54, 1.807) is 6.07 Å². The van der Waals surface area contributed by atoms with Crippen LogP contribution in [-0.4, -0.2) is 46.0 Å². The summed E-state index contributed by atoms with van der Waals surface area (Å²) >= 11 is 6.09. The van der Waals surface area contributed by atoms with Crippen LogP contribution < -0.4 is 11.1 Å². The van der Waals surface area contributed by atoms with E-state index in [0.29, 0.717) is 22.8 Å². The molecule has 8 heteroatoms. The summed E-state index contributed by atoms with van der Waals surface area (Å²) in [5.41, 5.74) is 8.82. The lowest BCUT2D eigenvalue weighted by atomic mass is 10.1. The van der Waals surface area contributed by atoms with Gasteiger partial charge in [-0.2, -0.15) is 9.61 Å². The van der Waals surface area contributed by atoms with Crippen molar-refractivity contribution in [1.29, 1.82) is 0 Å². The van der Waals surface area contributed by atoms with E-state index in [2.05, 4.69) is 15.4 Å². The highest BCUT2D eigenvalue weighted by Gasteiger charge is 2.19. The van der Waals surface area contributed by atoms with Gasteiger partial charge in [-0.05, 0) is 38.7 Å². The number of rotatable bonds is 5. The predicted octanol–water partition coefficient (Wildman–Crippen LogP) is 2.31. The minimum absolute atomic E-state index is 0.0255. The Bertz CT molecular complexity index is 952. The Hall–Kier alpha value is -2.64. The third kappa shape index (κ3) is 3.63. The molecule has 0 aliphatic heterocycles. The second kappa shape index (κ2) is 7.31. The van der Waals surface area contributed by atoms with Crippen LogP contribution in [0.1, 0.15) is 27.7 Å². The quantitative estimate of drug-likeness (QED) is 0.717. The zero-order chi connectivity index (χ0) is 18.8. The van der Waals surface area contributed by atoms with Crippen molar-refractivity contribution in [1.82, 2.24) is 24.8 Å². The third-order valence-electron chi connectivity index (χ3n) is 4.20. The lowest BCUT2D eigenvalue weighted by molar-refractivity contribution is 0.0942. The zero-order valence-corrected chi connectivity index (χ0v) is 15.7. The summed E-state index contributed by atoms with van der Waals surface area (Å²) in [7, 11) is 3.90. The number of halogens is 1. The number of nitrogens with zero attached hydrogens (tertiary/aromatic N) is 4. The standard InChI is InChI=1S/C18H21ClN6O/c1-11-7-16-21-9-14(17(20)25(16)23-11)18(26)22-10-15(24(2)3)12-5-4-6-13(19)8-12/h4-9,15H,10,20H2,1-3H3,(H,22,26). The Balaban J connectivity index is 1.79. The van der Waals surface area contributed by atoms with Crippen molar-refractivity contribution in [3.8, 4) is 0 Å². The molecule has 136 valence electrons. The van der Waals surface area contributed by atoms with Crippen molar-refractivity contribution >= 4 is 29.0 Å². The Morgan fingerprint density at radius 3 is 2.85 bits per heavy atom. The molecule has 0 fully saturated rings. The predicted molar refractivity (Wildman–Crippen MR) is 102 cm³/mol. The molecule has 0 aliphatic rings. The van der Waals surface area contributed by atoms with Gasteiger partial charge in [0.1, 0.15) is 5.82 Å². The van der Waals surface area contributed by atoms with E-state index in [4.69, 9.17) is 17.3 Å². The van der Waals surface area contributed by atoms with Gasteiger partial charge in [-0.15, -0.1) is 0 Å². The highest BCUT2D eigenvalue weighted by molar-refractivity contribution is 6.30. The second-order valence-corrected chi connectivity index (χ2v) is 6.79. The Morgan fingerprint density at radius 1 is 1.38 bits per heavy atom. The lowest BCUT2D eigenvalue weighted by Crippen LogP contribution is -2.35. The van der Waals surface area contributed by atoms with E-state index in [0.717, 1.165) is 11.3 Å². The minimum atomic E-state index is -0.293. The second-order valence-electron chi connectivity index (χ2n) is 6.36. The van der Waals surface area contributed by atoms with Gasteiger partial charge in [0.15, 0.2) is 5.65 Å². The van der Waals surface area contributed by atoms with E-state index in [-0.39, 0.29) is 17.8 Å². The molecule has 0 saturated heterocycles. The molecule has 1 amide bonds. The number of anilines is 1. The number of nitrogens with two attached hydrogens (primary N) is 1. The van der Waals surface area contributed by atoms with Gasteiger partial charge in [0, 0.05) is 23.8 Å². The molecule has 2 aromatic heterocycles. The van der Waals surface area contributed by atoms with Crippen molar-refractivity contribution in [3.05, 3.63) is 58.4 Å². The highest BCUT2D eigenvalue weighted by atomic mass is 35.5. The number of fused-ring (bicyclic) bond motifs is 1. The molecular weight excluding hydrogens is 352 g/mol. The normalized spacial score (nSPS) is 12.5. The molecular formula is C18H21ClN6O. The molecule has 1 aromatic carbocycles. The van der Waals surface area contributed by atoms with Gasteiger partial charge < -0.3 is 16.0 Å². The molecule has 0 bridgehead atoms. The maximum atomic E-state index is 12.6. The van der Waals surface area contributed by atoms with Crippen molar-refractivity contribution < 1.29 is 4.79 Å². The van der Waals surface area contributed by atoms with Gasteiger partial charge in [0.05, 0.1) is 17.3 Å². The smallest absolute Gasteiger partial charge is 0.256 e. The number of hydrogen-bond acceptors (Lipinski definition) is 5. The molecule has 0 saturated carbocycles. The number of aryl methyl sites for hydroxylation is 1. The maximum absolute atomic E-state index is 12.6. The Morgan fingerprint density at radius 2 is 2.15 bits per heavy atom. The first kappa shape index (κ1) is 18.2. The van der Waals surface area contributed by atoms with Crippen LogP contribution >= 0.6 is 11.6 Å². The van der Waals surface area contributed by atoms with Crippen LogP contribution in [0, 0.1) is 6.92 Å². The van der Waals surface area contributed by atoms with E-state index >= 15 is 0 Å². The molecule has 3 N–H and O–H groups in total. The number of nitrogens with one attached hydrogen (secondary N) is 1. The van der Waals surface area contributed by atoms with Crippen LogP contribution in [0.4, 0.5) is 5.82 Å². The van der Waals surface area contributed by atoms with Crippen molar-refractivity contribution in [2.45, 2.75) is 13.0 Å². The van der Waals surface area contributed by atoms with Gasteiger partial charge in [-0.3, -0.25) is 4.79 Å². The van der Waals surface area contributed by atoms with Crippen LogP contribution in [-0.2, 0) is 0 Å². The largest absolute Gasteiger partial charge is 0.383 e. The molecule has 1 atom stereocenters. The summed E-state index contributed by atoms with van der Waals surface area (Å²) in [4.78, 5) is 18.9. The molecule has 26 heavy (non-hydrogen) atoms. The minimum Gasteiger partial charge on any atom is -0.383 e. The van der Waals surface area contributed by atoms with Crippen LogP contribution in [0.5, 0.6) is 0 Å². The average Bonchev–Trinajstić information content (AvgIpc) is 2.96. The van der Waals surface area contributed by atoms with Crippen molar-refractivity contribution in [2.75, 3.05) is 26.4 Å². The molecule has 3 rings (SSSR count). The van der Waals surface area contributed by atoms with Crippen LogP contribution in [0.15, 0.2) is 36.5 Å². The van der Waals surface area contributed by atoms with Crippen molar-refractivity contribution in [2.24, 2.45) is 0 Å². The summed E-state index contributed by atoms with van der Waals surface area (Å²) in [6.45, 7) is 2.25. The zero-order valence-electron chi connectivity index (χ0n) is 14.9. The first-order chi connectivity index (χ1) is 12.4. The highest BCUT2D eigenvalue weighted by Crippen LogP contribution is 2.21. The number of likely N-dealkylation sites (N-methyl/N-ethyl adjacent to an activating group) is 1. The number of aromatic nitrogens is 3. The number of carbonyl (C=O) groups is 1. The summed E-state index contributed by atoms with van der Waals surface area (Å²) < 4.78 is 1.48. The summed E-state index contributed by atoms with van der Waals surface area (Å²) in [6, 6.07) is 9.38. The number of carbonyl (C=O) groups excluding carboxylic acids is 1. The number of hydrogen-bond donors (Lipinski definition) is 2. The fourth-order valence-electron chi connectivity index (χ4n) is 2.84. The number of nitrogen functional groups attached to an aromatic ring is 1. The number of benzene rings is 1. The molecule has 3 aromatic rings. The van der Waals surface area contributed by atoms with Gasteiger partial charge >= 0.3 is 0 Å². The molecule has 2 heterocycles. The molecule has 0 spiro atoms. The number of amides is 1. The van der Waals surface area contributed by atoms with Gasteiger partial charge in [-0.25, -0.2) is 4.98 Å². The topological polar surface area (TPSA) is 88.5 Å². The summed E-state index contributed by atoms with van der Waals surface area (Å²) in [5.74, 6) is -0.0244. The van der Waals surface area contributed by atoms with Crippen LogP contribution in [0.3, 0.4) is 0 Å². The van der Waals surface area contributed by atoms with Crippen molar-refractivity contribution in [3.63, 3.8) is 0 Å². The first-order valence-electron chi connectivity index (χ1n) is 8.17. The monoisotopic (exact) mass is 372 g/mol. The lowest BCUT2D eigenvalue weighted by Gasteiger charge is -2.25. The van der Waals surface area contributed by atoms with Crippen LogP contribution in [0.2, 0.25) is 5.02 Å². The first-order valence-corrected chi connectivity index (χ1v) is 8.55.